The van der Waals surface area contributed by atoms with E-state index in [0.717, 1.165) is 22.2 Å². The van der Waals surface area contributed by atoms with Gasteiger partial charge in [-0.25, -0.2) is 0 Å². The predicted molar refractivity (Wildman–Crippen MR) is 119 cm³/mol. The van der Waals surface area contributed by atoms with Crippen LogP contribution in [-0.2, 0) is 25.7 Å². The Morgan fingerprint density at radius 2 is 2.00 bits per heavy atom. The fourth-order valence-corrected chi connectivity index (χ4v) is 4.30. The molecule has 1 aromatic heterocycles. The van der Waals surface area contributed by atoms with Crippen molar-refractivity contribution in [2.45, 2.75) is 44.4 Å². The van der Waals surface area contributed by atoms with Gasteiger partial charge < -0.3 is 14.2 Å². The minimum atomic E-state index is -1.02. The molecule has 1 aromatic carbocycles. The molecule has 2 aliphatic heterocycles. The van der Waals surface area contributed by atoms with Crippen LogP contribution < -0.4 is 10.1 Å². The van der Waals surface area contributed by atoms with Gasteiger partial charge in [0.05, 0.1) is 12.6 Å². The zero-order chi connectivity index (χ0) is 24.0. The molecule has 2 aromatic rings. The molecule has 1 aliphatic carbocycles. The van der Waals surface area contributed by atoms with Crippen molar-refractivity contribution in [1.82, 2.24) is 25.3 Å². The Balaban J connectivity index is 1.28. The average Bonchev–Trinajstić information content (AvgIpc) is 3.37. The van der Waals surface area contributed by atoms with E-state index in [0.29, 0.717) is 17.1 Å². The van der Waals surface area contributed by atoms with E-state index in [9.17, 15) is 19.2 Å². The lowest BCUT2D eigenvalue weighted by Gasteiger charge is -2.29. The second-order valence-corrected chi connectivity index (χ2v) is 9.29. The largest absolute Gasteiger partial charge is 0.490 e. The normalized spacial score (nSPS) is 20.5. The van der Waals surface area contributed by atoms with Crippen molar-refractivity contribution in [3.05, 3.63) is 40.3 Å². The van der Waals surface area contributed by atoms with Crippen LogP contribution >= 0.6 is 15.9 Å². The number of carbonyl (C=O) groups excluding carboxylic acids is 4. The minimum absolute atomic E-state index is 0.0619. The van der Waals surface area contributed by atoms with Crippen molar-refractivity contribution in [3.8, 4) is 17.1 Å². The zero-order valence-electron chi connectivity index (χ0n) is 18.1. The fraction of sp³-hybridized carbons (Fsp3) is 0.364. The molecule has 0 bridgehead atoms. The molecule has 1 N–H and O–H groups in total. The Bertz CT molecular complexity index is 1240. The molecule has 1 saturated carbocycles. The Labute approximate surface area is 202 Å². The Kier molecular flexibility index (Phi) is 5.68. The van der Waals surface area contributed by atoms with Crippen LogP contribution in [0.4, 0.5) is 0 Å². The number of carbonyl (C=O) groups is 4. The zero-order valence-corrected chi connectivity index (χ0v) is 19.7. The van der Waals surface area contributed by atoms with Gasteiger partial charge in [0.2, 0.25) is 23.5 Å². The van der Waals surface area contributed by atoms with Gasteiger partial charge in [-0.1, -0.05) is 21.1 Å². The first-order valence-corrected chi connectivity index (χ1v) is 11.5. The number of hydrogen-bond acceptors (Lipinski definition) is 9. The Hall–Kier alpha value is -3.54. The number of nitrogens with zero attached hydrogens (tertiary/aromatic N) is 4. The number of piperidine rings is 1. The van der Waals surface area contributed by atoms with Crippen LogP contribution in [0.5, 0.6) is 5.75 Å². The summed E-state index contributed by atoms with van der Waals surface area (Å²) in [4.78, 5) is 55.7. The number of imide groups is 2. The first-order chi connectivity index (χ1) is 16.3. The number of nitrogens with one attached hydrogen (secondary N) is 1. The van der Waals surface area contributed by atoms with E-state index in [-0.39, 0.29) is 37.1 Å². The van der Waals surface area contributed by atoms with Gasteiger partial charge in [-0.2, -0.15) is 4.98 Å². The van der Waals surface area contributed by atoms with Crippen LogP contribution in [0.2, 0.25) is 0 Å². The van der Waals surface area contributed by atoms with E-state index >= 15 is 0 Å². The molecule has 0 radical (unpaired) electrons. The first-order valence-electron chi connectivity index (χ1n) is 10.7. The quantitative estimate of drug-likeness (QED) is 0.529. The third kappa shape index (κ3) is 4.45. The van der Waals surface area contributed by atoms with Gasteiger partial charge in [0.25, 0.3) is 11.8 Å². The molecule has 1 atom stereocenters. The van der Waals surface area contributed by atoms with Crippen LogP contribution in [-0.4, -0.2) is 62.8 Å². The number of ether oxygens (including phenoxy) is 1. The molecular formula is C22H20BrN5O6. The molecule has 3 heterocycles. The van der Waals surface area contributed by atoms with E-state index in [1.54, 1.807) is 7.05 Å². The van der Waals surface area contributed by atoms with Crippen molar-refractivity contribution in [2.75, 3.05) is 7.05 Å². The minimum Gasteiger partial charge on any atom is -0.490 e. The maximum absolute atomic E-state index is 12.9. The molecular weight excluding hydrogens is 510 g/mol. The van der Waals surface area contributed by atoms with Gasteiger partial charge in [-0.15, -0.1) is 0 Å². The van der Waals surface area contributed by atoms with E-state index < -0.39 is 29.7 Å². The molecule has 2 fully saturated rings. The highest BCUT2D eigenvalue weighted by molar-refractivity contribution is 9.10. The van der Waals surface area contributed by atoms with Crippen LogP contribution in [0.15, 0.2) is 39.0 Å². The van der Waals surface area contributed by atoms with Crippen molar-refractivity contribution < 1.29 is 28.4 Å². The van der Waals surface area contributed by atoms with Gasteiger partial charge in [-0.05, 0) is 37.5 Å². The van der Waals surface area contributed by atoms with Gasteiger partial charge in [0.1, 0.15) is 17.5 Å². The summed E-state index contributed by atoms with van der Waals surface area (Å²) in [5.74, 6) is -0.990. The number of halogens is 1. The molecule has 0 spiro atoms. The maximum atomic E-state index is 12.9. The summed E-state index contributed by atoms with van der Waals surface area (Å²) >= 11 is 3.47. The predicted octanol–water partition coefficient (Wildman–Crippen LogP) is 1.53. The van der Waals surface area contributed by atoms with Gasteiger partial charge in [-0.3, -0.25) is 29.4 Å². The fourth-order valence-electron chi connectivity index (χ4n) is 3.83. The Morgan fingerprint density at radius 3 is 2.74 bits per heavy atom. The van der Waals surface area contributed by atoms with Crippen molar-refractivity contribution >= 4 is 39.6 Å². The molecule has 4 amide bonds. The summed E-state index contributed by atoms with van der Waals surface area (Å²) in [6.07, 6.45) is 3.65. The van der Waals surface area contributed by atoms with Crippen molar-refractivity contribution in [3.63, 3.8) is 0 Å². The monoisotopic (exact) mass is 529 g/mol. The van der Waals surface area contributed by atoms with E-state index in [2.05, 4.69) is 31.4 Å². The summed E-state index contributed by atoms with van der Waals surface area (Å²) in [7, 11) is 1.61. The van der Waals surface area contributed by atoms with Gasteiger partial charge >= 0.3 is 0 Å². The summed E-state index contributed by atoms with van der Waals surface area (Å²) in [6.45, 7) is 0.0699. The third-order valence-corrected chi connectivity index (χ3v) is 6.12. The first kappa shape index (κ1) is 22.3. The van der Waals surface area contributed by atoms with E-state index in [1.807, 2.05) is 18.2 Å². The second kappa shape index (κ2) is 8.67. The van der Waals surface area contributed by atoms with Crippen molar-refractivity contribution in [1.29, 1.82) is 0 Å². The molecule has 5 rings (SSSR count). The number of amides is 4. The molecule has 3 aliphatic rings. The number of hydrogen-bond donors (Lipinski definition) is 1. The lowest BCUT2D eigenvalue weighted by atomic mass is 10.0. The van der Waals surface area contributed by atoms with Crippen LogP contribution in [0.3, 0.4) is 0 Å². The summed E-state index contributed by atoms with van der Waals surface area (Å²) in [5.41, 5.74) is 0.801. The second-order valence-electron chi connectivity index (χ2n) is 8.37. The van der Waals surface area contributed by atoms with E-state index in [1.165, 1.54) is 11.0 Å². The van der Waals surface area contributed by atoms with Gasteiger partial charge in [0.15, 0.2) is 0 Å². The molecule has 1 saturated heterocycles. The number of benzene rings is 1. The number of rotatable bonds is 7. The topological polar surface area (TPSA) is 135 Å². The van der Waals surface area contributed by atoms with E-state index in [4.69, 9.17) is 9.26 Å². The molecule has 1 unspecified atom stereocenters. The van der Waals surface area contributed by atoms with Crippen LogP contribution in [0.25, 0.3) is 11.4 Å². The lowest BCUT2D eigenvalue weighted by molar-refractivity contribution is -0.150. The van der Waals surface area contributed by atoms with Crippen LogP contribution in [0.1, 0.15) is 31.6 Å². The highest BCUT2D eigenvalue weighted by Crippen LogP contribution is 2.32. The molecule has 176 valence electrons. The summed E-state index contributed by atoms with van der Waals surface area (Å²) < 4.78 is 12.0. The van der Waals surface area contributed by atoms with Crippen LogP contribution in [0, 0.1) is 0 Å². The molecule has 11 nitrogen and oxygen atoms in total. The molecule has 34 heavy (non-hydrogen) atoms. The number of aromatic nitrogens is 2. The summed E-state index contributed by atoms with van der Waals surface area (Å²) in [5, 5.41) is 6.19. The third-order valence-electron chi connectivity index (χ3n) is 5.67. The highest BCUT2D eigenvalue weighted by atomic mass is 79.9. The Morgan fingerprint density at radius 1 is 1.21 bits per heavy atom. The SMILES string of the molecule is CN(Cc1nc(-c2cc(Br)cc(OC3CC3)c2)no1)C1=CC(=O)N(C2CCC(=O)NC2=O)C1=O. The lowest BCUT2D eigenvalue weighted by Crippen LogP contribution is -2.54. The maximum Gasteiger partial charge on any atom is 0.277 e. The molecule has 12 heteroatoms. The highest BCUT2D eigenvalue weighted by Gasteiger charge is 2.43. The standard InChI is InChI=1S/C22H20BrN5O6/c1-27(16-9-19(30)28(22(16)32)15-4-5-17(29)24-21(15)31)10-18-25-20(26-34-18)11-6-12(23)8-14(7-11)33-13-2-3-13/h6-9,13,15H,2-5,10H2,1H3,(H,24,29,31). The van der Waals surface area contributed by atoms with Crippen molar-refractivity contribution in [2.24, 2.45) is 0 Å². The number of likely N-dealkylation sites (N-methyl/N-ethyl adjacent to an activating group) is 1. The van der Waals surface area contributed by atoms with Gasteiger partial charge in [0, 0.05) is 29.6 Å². The summed E-state index contributed by atoms with van der Waals surface area (Å²) in [6, 6.07) is 4.54. The average molecular weight is 530 g/mol. The smallest absolute Gasteiger partial charge is 0.277 e.